The van der Waals surface area contributed by atoms with Gasteiger partial charge in [-0.25, -0.2) is 4.79 Å². The highest BCUT2D eigenvalue weighted by molar-refractivity contribution is 6.01. The second-order valence-electron chi connectivity index (χ2n) is 6.75. The van der Waals surface area contributed by atoms with Gasteiger partial charge in [-0.2, -0.15) is 0 Å². The van der Waals surface area contributed by atoms with Crippen LogP contribution in [-0.4, -0.2) is 77.4 Å². The van der Waals surface area contributed by atoms with Crippen molar-refractivity contribution in [1.29, 1.82) is 0 Å². The molecule has 2 rings (SSSR count). The minimum atomic E-state index is -1.94. The largest absolute Gasteiger partial charge is 0.455 e. The summed E-state index contributed by atoms with van der Waals surface area (Å²) in [5, 5.41) is 0.219. The molecule has 0 aromatic heterocycles. The van der Waals surface area contributed by atoms with Crippen LogP contribution in [0.4, 0.5) is 0 Å². The summed E-state index contributed by atoms with van der Waals surface area (Å²) in [6, 6.07) is 0. The third-order valence-electron chi connectivity index (χ3n) is 4.10. The van der Waals surface area contributed by atoms with Crippen LogP contribution in [0.25, 0.3) is 0 Å². The topological polar surface area (TPSA) is 178 Å². The summed E-state index contributed by atoms with van der Waals surface area (Å²) < 4.78 is 25.5. The molecule has 0 aromatic rings. The van der Waals surface area contributed by atoms with Gasteiger partial charge in [0.05, 0.1) is 0 Å². The molecule has 14 nitrogen and oxygen atoms in total. The predicted octanol–water partition coefficient (Wildman–Crippen LogP) is -1.32. The summed E-state index contributed by atoms with van der Waals surface area (Å²) in [5.41, 5.74) is 0. The Morgan fingerprint density at radius 1 is 0.719 bits per heavy atom. The van der Waals surface area contributed by atoms with Crippen LogP contribution >= 0.6 is 0 Å². The molecular formula is C18H21NO13. The molecule has 0 N–H and O–H groups in total. The van der Waals surface area contributed by atoms with Crippen molar-refractivity contribution in [3.05, 3.63) is 0 Å². The molecule has 176 valence electrons. The van der Waals surface area contributed by atoms with Crippen LogP contribution in [0.3, 0.4) is 0 Å². The first-order valence-electron chi connectivity index (χ1n) is 9.32. The lowest BCUT2D eigenvalue weighted by Gasteiger charge is -2.42. The van der Waals surface area contributed by atoms with Crippen molar-refractivity contribution >= 4 is 41.7 Å². The third-order valence-corrected chi connectivity index (χ3v) is 4.10. The van der Waals surface area contributed by atoms with Gasteiger partial charge in [0, 0.05) is 40.5 Å². The summed E-state index contributed by atoms with van der Waals surface area (Å²) in [6.45, 7) is 3.95. The molecule has 32 heavy (non-hydrogen) atoms. The predicted molar refractivity (Wildman–Crippen MR) is 94.3 cm³/mol. The number of nitrogens with zero attached hydrogens (tertiary/aromatic N) is 1. The molecule has 0 bridgehead atoms. The summed E-state index contributed by atoms with van der Waals surface area (Å²) in [7, 11) is 0. The van der Waals surface area contributed by atoms with Crippen LogP contribution in [0, 0.1) is 0 Å². The van der Waals surface area contributed by atoms with E-state index in [1.165, 1.54) is 0 Å². The van der Waals surface area contributed by atoms with Gasteiger partial charge < -0.3 is 28.5 Å². The Kier molecular flexibility index (Phi) is 7.86. The lowest BCUT2D eigenvalue weighted by molar-refractivity contribution is -0.298. The van der Waals surface area contributed by atoms with Crippen LogP contribution in [0.15, 0.2) is 0 Å². The second kappa shape index (κ2) is 10.2. The van der Waals surface area contributed by atoms with Gasteiger partial charge in [0.2, 0.25) is 18.5 Å². The molecule has 2 heterocycles. The number of carbonyl (C=O) groups excluding carboxylic acids is 7. The summed E-state index contributed by atoms with van der Waals surface area (Å²) in [6.07, 6.45) is -9.19. The molecule has 0 radical (unpaired) electrons. The van der Waals surface area contributed by atoms with E-state index >= 15 is 0 Å². The van der Waals surface area contributed by atoms with Gasteiger partial charge in [0.25, 0.3) is 11.8 Å². The minimum Gasteiger partial charge on any atom is -0.455 e. The number of amides is 2. The van der Waals surface area contributed by atoms with Crippen LogP contribution in [-0.2, 0) is 62.1 Å². The maximum atomic E-state index is 12.8. The molecule has 2 saturated heterocycles. The Balaban J connectivity index is 2.45. The Morgan fingerprint density at radius 3 is 1.62 bits per heavy atom. The van der Waals surface area contributed by atoms with Gasteiger partial charge in [-0.3, -0.25) is 28.8 Å². The maximum Gasteiger partial charge on any atom is 0.365 e. The molecule has 0 saturated carbocycles. The van der Waals surface area contributed by atoms with Gasteiger partial charge in [-0.05, 0) is 0 Å². The normalized spacial score (nSPS) is 27.4. The second-order valence-corrected chi connectivity index (χ2v) is 6.75. The number of esters is 4. The quantitative estimate of drug-likeness (QED) is 0.259. The number of carbonyl (C=O) groups is 7. The maximum absolute atomic E-state index is 12.8. The van der Waals surface area contributed by atoms with E-state index in [9.17, 15) is 33.6 Å². The van der Waals surface area contributed by atoms with Crippen molar-refractivity contribution in [3.63, 3.8) is 0 Å². The van der Waals surface area contributed by atoms with E-state index in [2.05, 4.69) is 0 Å². The molecule has 14 heteroatoms. The number of rotatable bonds is 6. The average Bonchev–Trinajstić information content (AvgIpc) is 2.96. The van der Waals surface area contributed by atoms with E-state index in [4.69, 9.17) is 28.5 Å². The van der Waals surface area contributed by atoms with Crippen LogP contribution in [0.2, 0.25) is 0 Å². The molecule has 2 aliphatic heterocycles. The molecular weight excluding hydrogens is 438 g/mol. The zero-order valence-electron chi connectivity index (χ0n) is 17.6. The highest BCUT2D eigenvalue weighted by atomic mass is 16.8. The zero-order chi connectivity index (χ0) is 24.2. The van der Waals surface area contributed by atoms with Gasteiger partial charge in [-0.15, -0.1) is 5.06 Å². The molecule has 2 fully saturated rings. The average molecular weight is 459 g/mol. The van der Waals surface area contributed by atoms with Crippen molar-refractivity contribution in [2.24, 2.45) is 0 Å². The van der Waals surface area contributed by atoms with E-state index in [0.29, 0.717) is 0 Å². The first-order chi connectivity index (χ1) is 14.9. The monoisotopic (exact) mass is 459 g/mol. The van der Waals surface area contributed by atoms with Gasteiger partial charge in [-0.1, -0.05) is 0 Å². The Morgan fingerprint density at radius 2 is 1.16 bits per heavy atom. The molecule has 0 spiro atoms. The van der Waals surface area contributed by atoms with E-state index in [0.717, 1.165) is 27.7 Å². The fraction of sp³-hybridized carbons (Fsp3) is 0.611. The van der Waals surface area contributed by atoms with Crippen molar-refractivity contribution in [1.82, 2.24) is 5.06 Å². The smallest absolute Gasteiger partial charge is 0.365 e. The van der Waals surface area contributed by atoms with Crippen molar-refractivity contribution in [2.75, 3.05) is 0 Å². The molecule has 0 aliphatic carbocycles. The molecule has 0 aromatic carbocycles. The van der Waals surface area contributed by atoms with Gasteiger partial charge in [0.1, 0.15) is 0 Å². The van der Waals surface area contributed by atoms with E-state index in [-0.39, 0.29) is 17.9 Å². The Bertz CT molecular complexity index is 821. The van der Waals surface area contributed by atoms with E-state index in [1.54, 1.807) is 0 Å². The number of hydroxylamine groups is 2. The van der Waals surface area contributed by atoms with E-state index in [1.807, 2.05) is 0 Å². The third kappa shape index (κ3) is 6.00. The van der Waals surface area contributed by atoms with Gasteiger partial charge in [0.15, 0.2) is 12.2 Å². The van der Waals surface area contributed by atoms with Crippen LogP contribution < -0.4 is 0 Å². The number of imide groups is 1. The highest BCUT2D eigenvalue weighted by Crippen LogP contribution is 2.31. The number of hydrogen-bond donors (Lipinski definition) is 0. The van der Waals surface area contributed by atoms with Gasteiger partial charge >= 0.3 is 29.8 Å². The first-order valence-corrected chi connectivity index (χ1v) is 9.32. The minimum absolute atomic E-state index is 0.189. The zero-order valence-corrected chi connectivity index (χ0v) is 17.6. The fourth-order valence-electron chi connectivity index (χ4n) is 3.02. The Hall–Kier alpha value is -3.55. The molecule has 5 atom stereocenters. The van der Waals surface area contributed by atoms with Crippen LogP contribution in [0.1, 0.15) is 40.5 Å². The molecule has 2 aliphatic rings. The van der Waals surface area contributed by atoms with E-state index < -0.39 is 72.4 Å². The SMILES string of the molecule is CC(=O)OC1OC(C(=O)ON2C(=O)CCC2=O)C(OC(C)=O)C(OC(C)=O)C1OC(C)=O. The van der Waals surface area contributed by atoms with Crippen molar-refractivity contribution in [3.8, 4) is 0 Å². The molecule has 5 unspecified atom stereocenters. The summed E-state index contributed by atoms with van der Waals surface area (Å²) >= 11 is 0. The summed E-state index contributed by atoms with van der Waals surface area (Å²) in [4.78, 5) is 87.5. The fourth-order valence-corrected chi connectivity index (χ4v) is 3.02. The first kappa shape index (κ1) is 24.7. The highest BCUT2D eigenvalue weighted by Gasteiger charge is 2.57. The van der Waals surface area contributed by atoms with Crippen LogP contribution in [0.5, 0.6) is 0 Å². The molecule has 2 amide bonds. The number of ether oxygens (including phenoxy) is 5. The van der Waals surface area contributed by atoms with Crippen molar-refractivity contribution < 1.29 is 62.1 Å². The Labute approximate surface area is 180 Å². The number of hydrogen-bond acceptors (Lipinski definition) is 13. The summed E-state index contributed by atoms with van der Waals surface area (Å²) in [5.74, 6) is -6.68. The lowest BCUT2D eigenvalue weighted by atomic mass is 9.97. The van der Waals surface area contributed by atoms with Crippen molar-refractivity contribution in [2.45, 2.75) is 71.2 Å². The lowest BCUT2D eigenvalue weighted by Crippen LogP contribution is -2.64. The standard InChI is InChI=1S/C18H21NO13/c1-7(20)27-13-14(28-8(2)21)16(29-9(3)22)18(30-10(4)23)31-15(13)17(26)32-19-11(24)5-6-12(19)25/h13-16,18H,5-6H2,1-4H3.